The molecule has 0 radical (unpaired) electrons. The highest BCUT2D eigenvalue weighted by Crippen LogP contribution is 2.50. The van der Waals surface area contributed by atoms with Crippen molar-refractivity contribution in [3.8, 4) is 11.5 Å². The molecule has 0 spiro atoms. The molecular weight excluding hydrogens is 548 g/mol. The molecule has 0 saturated carbocycles. The molecule has 5 heteroatoms. The van der Waals surface area contributed by atoms with Gasteiger partial charge in [-0.15, -0.1) is 0 Å². The molecule has 0 N–H and O–H groups in total. The summed E-state index contributed by atoms with van der Waals surface area (Å²) < 4.78 is 12.2. The van der Waals surface area contributed by atoms with E-state index in [0.29, 0.717) is 29.9 Å². The van der Waals surface area contributed by atoms with Crippen LogP contribution in [0.5, 0.6) is 11.5 Å². The van der Waals surface area contributed by atoms with Crippen LogP contribution >= 0.6 is 15.9 Å². The summed E-state index contributed by atoms with van der Waals surface area (Å²) in [5.41, 5.74) is 8.89. The van der Waals surface area contributed by atoms with Gasteiger partial charge in [0, 0.05) is 36.8 Å². The molecule has 0 bridgehead atoms. The summed E-state index contributed by atoms with van der Waals surface area (Å²) in [6.07, 6.45) is 4.15. The fraction of sp³-hybridized carbons (Fsp3) is 0.265. The number of benzene rings is 4. The molecule has 2 aliphatic heterocycles. The summed E-state index contributed by atoms with van der Waals surface area (Å²) in [6, 6.07) is 30.5. The van der Waals surface area contributed by atoms with Gasteiger partial charge in [0.1, 0.15) is 0 Å². The second-order valence-electron chi connectivity index (χ2n) is 10.2. The van der Waals surface area contributed by atoms with Crippen molar-refractivity contribution in [1.82, 2.24) is 0 Å². The zero-order valence-electron chi connectivity index (χ0n) is 22.4. The van der Waals surface area contributed by atoms with Gasteiger partial charge in [0.2, 0.25) is 0 Å². The maximum atomic E-state index is 5.77. The molecule has 4 aromatic carbocycles. The number of ether oxygens (including phenoxy) is 2. The van der Waals surface area contributed by atoms with Crippen molar-refractivity contribution < 1.29 is 9.47 Å². The topological polar surface area (TPSA) is 34.1 Å². The largest absolute Gasteiger partial charge is 0.493 e. The van der Waals surface area contributed by atoms with E-state index >= 15 is 0 Å². The normalized spacial score (nSPS) is 18.2. The predicted molar refractivity (Wildman–Crippen MR) is 164 cm³/mol. The zero-order chi connectivity index (χ0) is 26.8. The predicted octanol–water partition coefficient (Wildman–Crippen LogP) is 8.48. The maximum Gasteiger partial charge on any atom is 0.175 e. The van der Waals surface area contributed by atoms with E-state index in [2.05, 4.69) is 93.6 Å². The summed E-state index contributed by atoms with van der Waals surface area (Å²) in [5, 5.41) is 0. The van der Waals surface area contributed by atoms with Gasteiger partial charge in [-0.25, -0.2) is 0 Å². The summed E-state index contributed by atoms with van der Waals surface area (Å²) in [6.45, 7) is 4.71. The minimum Gasteiger partial charge on any atom is -0.493 e. The van der Waals surface area contributed by atoms with E-state index in [1.165, 1.54) is 27.9 Å². The lowest BCUT2D eigenvalue weighted by Gasteiger charge is -2.43. The Labute approximate surface area is 239 Å². The zero-order valence-corrected chi connectivity index (χ0v) is 24.0. The SMILES string of the molecule is CCOc1c(Br)cc(C=Nc2cc3c4c(c2)C(c2ccccc2)CCN4CCC3c2ccccc2)cc1OC. The van der Waals surface area contributed by atoms with E-state index in [0.717, 1.165) is 41.7 Å². The Morgan fingerprint density at radius 1 is 0.872 bits per heavy atom. The van der Waals surface area contributed by atoms with Crippen LogP contribution in [0.25, 0.3) is 0 Å². The van der Waals surface area contributed by atoms with E-state index < -0.39 is 0 Å². The third kappa shape index (κ3) is 5.08. The fourth-order valence-corrected chi connectivity index (χ4v) is 6.74. The van der Waals surface area contributed by atoms with Gasteiger partial charge in [-0.1, -0.05) is 60.7 Å². The first kappa shape index (κ1) is 25.7. The Kier molecular flexibility index (Phi) is 7.43. The standard InChI is InChI=1S/C34H33BrN2O2/c1-3-39-34-31(35)18-23(19-32(34)38-2)22-36-26-20-29-27(24-10-6-4-7-11-24)14-16-37-17-15-28(30(21-26)33(29)37)25-12-8-5-9-13-25/h4-13,18-22,27-28H,3,14-17H2,1-2H3. The Morgan fingerprint density at radius 2 is 1.46 bits per heavy atom. The van der Waals surface area contributed by atoms with Crippen molar-refractivity contribution in [2.24, 2.45) is 4.99 Å². The summed E-state index contributed by atoms with van der Waals surface area (Å²) in [5.74, 6) is 2.13. The average molecular weight is 582 g/mol. The number of nitrogens with zero attached hydrogens (tertiary/aromatic N) is 2. The Balaban J connectivity index is 1.46. The van der Waals surface area contributed by atoms with Crippen LogP contribution < -0.4 is 14.4 Å². The number of hydrogen-bond acceptors (Lipinski definition) is 4. The number of rotatable bonds is 7. The van der Waals surface area contributed by atoms with Crippen molar-refractivity contribution in [2.75, 3.05) is 31.7 Å². The van der Waals surface area contributed by atoms with Crippen LogP contribution in [0.1, 0.15) is 59.4 Å². The second-order valence-corrected chi connectivity index (χ2v) is 11.0. The molecular formula is C34H33BrN2O2. The number of methoxy groups -OCH3 is 1. The Bertz CT molecular complexity index is 1410. The van der Waals surface area contributed by atoms with Crippen molar-refractivity contribution in [3.63, 3.8) is 0 Å². The molecule has 198 valence electrons. The first-order valence-electron chi connectivity index (χ1n) is 13.7. The van der Waals surface area contributed by atoms with Crippen LogP contribution in [-0.2, 0) is 0 Å². The van der Waals surface area contributed by atoms with Gasteiger partial charge in [0.25, 0.3) is 0 Å². The first-order valence-corrected chi connectivity index (χ1v) is 14.5. The minimum absolute atomic E-state index is 0.362. The molecule has 2 heterocycles. The van der Waals surface area contributed by atoms with Gasteiger partial charge in [0.15, 0.2) is 11.5 Å². The van der Waals surface area contributed by atoms with Gasteiger partial charge >= 0.3 is 0 Å². The molecule has 0 fully saturated rings. The number of hydrogen-bond donors (Lipinski definition) is 0. The van der Waals surface area contributed by atoms with Gasteiger partial charge < -0.3 is 14.4 Å². The monoisotopic (exact) mass is 580 g/mol. The van der Waals surface area contributed by atoms with E-state index in [1.54, 1.807) is 7.11 Å². The van der Waals surface area contributed by atoms with Crippen molar-refractivity contribution >= 4 is 33.5 Å². The Morgan fingerprint density at radius 3 is 2.00 bits per heavy atom. The highest BCUT2D eigenvalue weighted by atomic mass is 79.9. The van der Waals surface area contributed by atoms with Crippen molar-refractivity contribution in [1.29, 1.82) is 0 Å². The van der Waals surface area contributed by atoms with E-state index in [9.17, 15) is 0 Å². The van der Waals surface area contributed by atoms with Crippen molar-refractivity contribution in [2.45, 2.75) is 31.6 Å². The van der Waals surface area contributed by atoms with Gasteiger partial charge in [-0.3, -0.25) is 4.99 Å². The van der Waals surface area contributed by atoms with Crippen LogP contribution in [0.3, 0.4) is 0 Å². The number of anilines is 1. The molecule has 39 heavy (non-hydrogen) atoms. The van der Waals surface area contributed by atoms with Crippen molar-refractivity contribution in [3.05, 3.63) is 117 Å². The quantitative estimate of drug-likeness (QED) is 0.205. The summed E-state index contributed by atoms with van der Waals surface area (Å²) in [7, 11) is 1.67. The smallest absolute Gasteiger partial charge is 0.175 e. The highest BCUT2D eigenvalue weighted by Gasteiger charge is 2.35. The lowest BCUT2D eigenvalue weighted by molar-refractivity contribution is 0.309. The number of aliphatic imine (C=N–C) groups is 1. The average Bonchev–Trinajstić information content (AvgIpc) is 2.98. The molecule has 0 aromatic heterocycles. The van der Waals surface area contributed by atoms with E-state index in [-0.39, 0.29) is 0 Å². The maximum absolute atomic E-state index is 5.77. The minimum atomic E-state index is 0.362. The van der Waals surface area contributed by atoms with E-state index in [1.807, 2.05) is 25.3 Å². The third-order valence-electron chi connectivity index (χ3n) is 7.90. The number of halogens is 1. The van der Waals surface area contributed by atoms with Crippen LogP contribution in [0.4, 0.5) is 11.4 Å². The van der Waals surface area contributed by atoms with Gasteiger partial charge in [-0.05, 0) is 87.8 Å². The Hall–Kier alpha value is -3.57. The molecule has 0 saturated heterocycles. The molecule has 2 atom stereocenters. The highest BCUT2D eigenvalue weighted by molar-refractivity contribution is 9.10. The molecule has 6 rings (SSSR count). The first-order chi connectivity index (χ1) is 19.2. The second kappa shape index (κ2) is 11.3. The van der Waals surface area contributed by atoms with Gasteiger partial charge in [-0.2, -0.15) is 0 Å². The third-order valence-corrected chi connectivity index (χ3v) is 8.49. The molecule has 4 aromatic rings. The van der Waals surface area contributed by atoms with Crippen LogP contribution in [-0.4, -0.2) is 33.0 Å². The van der Waals surface area contributed by atoms with Crippen LogP contribution in [0.2, 0.25) is 0 Å². The molecule has 0 amide bonds. The lowest BCUT2D eigenvalue weighted by Crippen LogP contribution is -2.37. The lowest BCUT2D eigenvalue weighted by atomic mass is 9.76. The van der Waals surface area contributed by atoms with Crippen LogP contribution in [0, 0.1) is 0 Å². The molecule has 2 unspecified atom stereocenters. The van der Waals surface area contributed by atoms with Gasteiger partial charge in [0.05, 0.1) is 23.9 Å². The van der Waals surface area contributed by atoms with E-state index in [4.69, 9.17) is 14.5 Å². The molecule has 2 aliphatic rings. The molecule has 4 nitrogen and oxygen atoms in total. The molecule has 0 aliphatic carbocycles. The summed E-state index contributed by atoms with van der Waals surface area (Å²) >= 11 is 3.65. The summed E-state index contributed by atoms with van der Waals surface area (Å²) in [4.78, 5) is 7.63. The van der Waals surface area contributed by atoms with Crippen LogP contribution in [0.15, 0.2) is 94.4 Å². The fourth-order valence-electron chi connectivity index (χ4n) is 6.16.